The predicted octanol–water partition coefficient (Wildman–Crippen LogP) is 4.32. The summed E-state index contributed by atoms with van der Waals surface area (Å²) in [5.74, 6) is -2.20. The van der Waals surface area contributed by atoms with E-state index in [0.717, 1.165) is 40.5 Å². The quantitative estimate of drug-likeness (QED) is 0.480. The lowest BCUT2D eigenvalue weighted by atomic mass is 10.1. The van der Waals surface area contributed by atoms with Gasteiger partial charge in [-0.15, -0.1) is 11.3 Å². The van der Waals surface area contributed by atoms with Gasteiger partial charge in [-0.25, -0.2) is 0 Å². The lowest BCUT2D eigenvalue weighted by Gasteiger charge is -2.11. The van der Waals surface area contributed by atoms with Crippen molar-refractivity contribution in [3.05, 3.63) is 45.8 Å². The van der Waals surface area contributed by atoms with Crippen molar-refractivity contribution in [3.8, 4) is 11.5 Å². The number of carbonyl (C=O) groups is 2. The van der Waals surface area contributed by atoms with Crippen molar-refractivity contribution < 1.29 is 36.6 Å². The van der Waals surface area contributed by atoms with E-state index in [1.54, 1.807) is 13.8 Å². The predicted molar refractivity (Wildman–Crippen MR) is 99.7 cm³/mol. The standard InChI is InChI=1S/C18H16F4N2O4S/c1-8-9(2)29-16(14(8)15(23)26)24-13(25)6-4-10-3-5-11(27-17(19)20)7-12(10)28-18(21)22/h3-7,17-18H,1-2H3,(H2,23,26)(H,24,25)/b6-4+. The van der Waals surface area contributed by atoms with E-state index in [2.05, 4.69) is 14.8 Å². The van der Waals surface area contributed by atoms with Gasteiger partial charge in [0.2, 0.25) is 5.91 Å². The number of anilines is 1. The Labute approximate surface area is 166 Å². The van der Waals surface area contributed by atoms with Crippen LogP contribution in [-0.2, 0) is 4.79 Å². The number of ether oxygens (including phenoxy) is 2. The van der Waals surface area contributed by atoms with Crippen LogP contribution in [0.4, 0.5) is 22.6 Å². The van der Waals surface area contributed by atoms with E-state index in [-0.39, 0.29) is 21.9 Å². The minimum atomic E-state index is -3.21. The number of nitrogens with one attached hydrogen (secondary N) is 1. The van der Waals surface area contributed by atoms with Gasteiger partial charge in [-0.05, 0) is 37.6 Å². The monoisotopic (exact) mass is 432 g/mol. The first-order chi connectivity index (χ1) is 13.6. The van der Waals surface area contributed by atoms with E-state index in [1.807, 2.05) is 0 Å². The smallest absolute Gasteiger partial charge is 0.387 e. The number of nitrogens with two attached hydrogens (primary N) is 1. The summed E-state index contributed by atoms with van der Waals surface area (Å²) in [6, 6.07) is 3.14. The van der Waals surface area contributed by atoms with Crippen molar-refractivity contribution in [2.24, 2.45) is 5.73 Å². The Bertz CT molecular complexity index is 944. The maximum atomic E-state index is 12.6. The number of amides is 2. The van der Waals surface area contributed by atoms with E-state index in [1.165, 1.54) is 6.07 Å². The topological polar surface area (TPSA) is 90.7 Å². The van der Waals surface area contributed by atoms with Gasteiger partial charge in [0, 0.05) is 22.6 Å². The lowest BCUT2D eigenvalue weighted by molar-refractivity contribution is -0.111. The average molecular weight is 432 g/mol. The number of aryl methyl sites for hydroxylation is 1. The molecular weight excluding hydrogens is 416 g/mol. The molecule has 0 fully saturated rings. The van der Waals surface area contributed by atoms with Crippen LogP contribution >= 0.6 is 11.3 Å². The summed E-state index contributed by atoms with van der Waals surface area (Å²) in [6.07, 6.45) is 2.16. The molecule has 0 unspecified atom stereocenters. The van der Waals surface area contributed by atoms with Crippen LogP contribution in [0.15, 0.2) is 24.3 Å². The summed E-state index contributed by atoms with van der Waals surface area (Å²) >= 11 is 1.16. The molecule has 156 valence electrons. The number of alkyl halides is 4. The Hall–Kier alpha value is -3.08. The molecular formula is C18H16F4N2O4S. The van der Waals surface area contributed by atoms with Gasteiger partial charge in [0.25, 0.3) is 5.91 Å². The molecule has 2 rings (SSSR count). The molecule has 11 heteroatoms. The minimum absolute atomic E-state index is 0.0238. The molecule has 29 heavy (non-hydrogen) atoms. The molecule has 2 amide bonds. The maximum absolute atomic E-state index is 12.6. The molecule has 0 radical (unpaired) electrons. The Morgan fingerprint density at radius 3 is 2.38 bits per heavy atom. The molecule has 0 atom stereocenters. The molecule has 1 aromatic carbocycles. The molecule has 6 nitrogen and oxygen atoms in total. The molecule has 0 spiro atoms. The van der Waals surface area contributed by atoms with Crippen LogP contribution in [0.2, 0.25) is 0 Å². The summed E-state index contributed by atoms with van der Waals surface area (Å²) < 4.78 is 58.2. The number of hydrogen-bond donors (Lipinski definition) is 2. The van der Waals surface area contributed by atoms with Gasteiger partial charge in [0.05, 0.1) is 5.56 Å². The summed E-state index contributed by atoms with van der Waals surface area (Å²) in [5, 5.41) is 2.76. The van der Waals surface area contributed by atoms with E-state index in [0.29, 0.717) is 5.56 Å². The second kappa shape index (κ2) is 9.41. The Morgan fingerprint density at radius 2 is 1.79 bits per heavy atom. The second-order valence-electron chi connectivity index (χ2n) is 5.63. The molecule has 0 saturated heterocycles. The first-order valence-electron chi connectivity index (χ1n) is 8.01. The zero-order chi connectivity index (χ0) is 21.7. The highest BCUT2D eigenvalue weighted by Crippen LogP contribution is 2.32. The number of rotatable bonds is 8. The Morgan fingerprint density at radius 1 is 1.14 bits per heavy atom. The van der Waals surface area contributed by atoms with Crippen molar-refractivity contribution in [2.75, 3.05) is 5.32 Å². The van der Waals surface area contributed by atoms with Gasteiger partial charge < -0.3 is 20.5 Å². The first kappa shape index (κ1) is 22.2. The third kappa shape index (κ3) is 5.95. The summed E-state index contributed by atoms with van der Waals surface area (Å²) in [4.78, 5) is 24.5. The second-order valence-corrected chi connectivity index (χ2v) is 6.86. The van der Waals surface area contributed by atoms with Gasteiger partial charge in [0.15, 0.2) is 0 Å². The van der Waals surface area contributed by atoms with Crippen LogP contribution in [0.3, 0.4) is 0 Å². The van der Waals surface area contributed by atoms with Gasteiger partial charge in [-0.1, -0.05) is 0 Å². The van der Waals surface area contributed by atoms with Crippen LogP contribution in [-0.4, -0.2) is 25.0 Å². The first-order valence-corrected chi connectivity index (χ1v) is 8.82. The number of carbonyl (C=O) groups excluding carboxylic acids is 2. The van der Waals surface area contributed by atoms with Gasteiger partial charge in [-0.3, -0.25) is 9.59 Å². The van der Waals surface area contributed by atoms with Crippen molar-refractivity contribution in [1.82, 2.24) is 0 Å². The number of benzene rings is 1. The molecule has 3 N–H and O–H groups in total. The highest BCUT2D eigenvalue weighted by Gasteiger charge is 2.18. The normalized spacial score (nSPS) is 11.3. The highest BCUT2D eigenvalue weighted by atomic mass is 32.1. The molecule has 1 heterocycles. The fraction of sp³-hybridized carbons (Fsp3) is 0.222. The van der Waals surface area contributed by atoms with E-state index < -0.39 is 30.8 Å². The molecule has 1 aromatic heterocycles. The van der Waals surface area contributed by atoms with Crippen molar-refractivity contribution in [1.29, 1.82) is 0 Å². The Kier molecular flexibility index (Phi) is 7.21. The molecule has 0 aliphatic rings. The molecule has 0 aliphatic heterocycles. The van der Waals surface area contributed by atoms with Gasteiger partial charge in [-0.2, -0.15) is 17.6 Å². The average Bonchev–Trinajstić information content (AvgIpc) is 2.87. The van der Waals surface area contributed by atoms with E-state index >= 15 is 0 Å². The van der Waals surface area contributed by atoms with Gasteiger partial charge >= 0.3 is 13.2 Å². The molecule has 0 bridgehead atoms. The third-order valence-electron chi connectivity index (χ3n) is 3.71. The zero-order valence-corrected chi connectivity index (χ0v) is 16.0. The van der Waals surface area contributed by atoms with Crippen LogP contribution < -0.4 is 20.5 Å². The van der Waals surface area contributed by atoms with Crippen molar-refractivity contribution in [3.63, 3.8) is 0 Å². The minimum Gasteiger partial charge on any atom is -0.435 e. The third-order valence-corrected chi connectivity index (χ3v) is 4.83. The van der Waals surface area contributed by atoms with Crippen LogP contribution in [0.5, 0.6) is 11.5 Å². The number of primary amides is 1. The van der Waals surface area contributed by atoms with Crippen molar-refractivity contribution in [2.45, 2.75) is 27.1 Å². The number of halogens is 4. The van der Waals surface area contributed by atoms with Crippen LogP contribution in [0, 0.1) is 13.8 Å². The number of thiophene rings is 1. The largest absolute Gasteiger partial charge is 0.435 e. The highest BCUT2D eigenvalue weighted by molar-refractivity contribution is 7.16. The lowest BCUT2D eigenvalue weighted by Crippen LogP contribution is -2.16. The number of hydrogen-bond acceptors (Lipinski definition) is 5. The zero-order valence-electron chi connectivity index (χ0n) is 15.2. The molecule has 0 aliphatic carbocycles. The molecule has 2 aromatic rings. The van der Waals surface area contributed by atoms with Gasteiger partial charge in [0.1, 0.15) is 16.5 Å². The molecule has 0 saturated carbocycles. The summed E-state index contributed by atoms with van der Waals surface area (Å²) in [7, 11) is 0. The van der Waals surface area contributed by atoms with E-state index in [4.69, 9.17) is 5.73 Å². The maximum Gasteiger partial charge on any atom is 0.387 e. The van der Waals surface area contributed by atoms with E-state index in [9.17, 15) is 27.2 Å². The summed E-state index contributed by atoms with van der Waals surface area (Å²) in [6.45, 7) is -2.91. The van der Waals surface area contributed by atoms with Crippen LogP contribution in [0.1, 0.15) is 26.4 Å². The fourth-order valence-electron chi connectivity index (χ4n) is 2.36. The fourth-order valence-corrected chi connectivity index (χ4v) is 3.43. The SMILES string of the molecule is Cc1sc(NC(=O)/C=C/c2ccc(OC(F)F)cc2OC(F)F)c(C(N)=O)c1C. The van der Waals surface area contributed by atoms with Crippen molar-refractivity contribution >= 4 is 34.2 Å². The van der Waals surface area contributed by atoms with Crippen LogP contribution in [0.25, 0.3) is 6.08 Å². The Balaban J connectivity index is 2.23. The summed E-state index contributed by atoms with van der Waals surface area (Å²) in [5.41, 5.74) is 6.18.